The number of Topliss-reactive ketones (excluding diaryl/α,β-unsaturated/α-hetero) is 1. The number of carbonyl (C=O) groups is 1. The molecule has 4 rings (SSSR count). The zero-order valence-electron chi connectivity index (χ0n) is 17.1. The fourth-order valence-electron chi connectivity index (χ4n) is 3.70. The van der Waals surface area contributed by atoms with Crippen LogP contribution in [0.5, 0.6) is 5.75 Å². The van der Waals surface area contributed by atoms with Gasteiger partial charge < -0.3 is 4.74 Å². The fourth-order valence-corrected chi connectivity index (χ4v) is 3.70. The number of hydrogen-bond acceptors (Lipinski definition) is 7. The predicted octanol–water partition coefficient (Wildman–Crippen LogP) is 2.40. The highest BCUT2D eigenvalue weighted by Crippen LogP contribution is 2.34. The SMILES string of the molecule is COc1cccc(C(=O)CC2c3nc(-c4ccncn4)cc(=O)n3CNC2(C)C)c1. The summed E-state index contributed by atoms with van der Waals surface area (Å²) in [5.74, 6) is 0.863. The number of fused-ring (bicyclic) bond motifs is 1. The minimum atomic E-state index is -0.432. The fraction of sp³-hybridized carbons (Fsp3) is 0.318. The maximum Gasteiger partial charge on any atom is 0.255 e. The van der Waals surface area contributed by atoms with Crippen molar-refractivity contribution in [2.24, 2.45) is 0 Å². The summed E-state index contributed by atoms with van der Waals surface area (Å²) in [4.78, 5) is 38.8. The number of carbonyl (C=O) groups excluding carboxylic acids is 1. The summed E-state index contributed by atoms with van der Waals surface area (Å²) in [5, 5.41) is 3.36. The second-order valence-corrected chi connectivity index (χ2v) is 7.83. The molecule has 0 fully saturated rings. The number of ketones is 1. The van der Waals surface area contributed by atoms with Gasteiger partial charge in [-0.1, -0.05) is 12.1 Å². The molecule has 0 radical (unpaired) electrons. The van der Waals surface area contributed by atoms with Crippen LogP contribution in [0.3, 0.4) is 0 Å². The summed E-state index contributed by atoms with van der Waals surface area (Å²) < 4.78 is 6.82. The Balaban J connectivity index is 1.75. The Morgan fingerprint density at radius 1 is 1.27 bits per heavy atom. The quantitative estimate of drug-likeness (QED) is 0.651. The van der Waals surface area contributed by atoms with Crippen molar-refractivity contribution in [2.75, 3.05) is 7.11 Å². The van der Waals surface area contributed by atoms with Gasteiger partial charge in [0.2, 0.25) is 0 Å². The third kappa shape index (κ3) is 3.73. The second-order valence-electron chi connectivity index (χ2n) is 7.83. The molecule has 3 heterocycles. The Morgan fingerprint density at radius 3 is 2.83 bits per heavy atom. The molecular weight excluding hydrogens is 382 g/mol. The smallest absolute Gasteiger partial charge is 0.255 e. The number of benzene rings is 1. The minimum absolute atomic E-state index is 0.0380. The average molecular weight is 405 g/mol. The van der Waals surface area contributed by atoms with E-state index in [1.165, 1.54) is 12.4 Å². The number of methoxy groups -OCH3 is 1. The maximum atomic E-state index is 13.1. The molecule has 0 amide bonds. The van der Waals surface area contributed by atoms with Crippen molar-refractivity contribution in [3.63, 3.8) is 0 Å². The van der Waals surface area contributed by atoms with Crippen molar-refractivity contribution in [1.82, 2.24) is 24.8 Å². The third-order valence-electron chi connectivity index (χ3n) is 5.54. The molecule has 154 valence electrons. The highest BCUT2D eigenvalue weighted by molar-refractivity contribution is 5.97. The molecule has 2 aromatic heterocycles. The van der Waals surface area contributed by atoms with Crippen LogP contribution in [0.25, 0.3) is 11.4 Å². The highest BCUT2D eigenvalue weighted by atomic mass is 16.5. The van der Waals surface area contributed by atoms with Crippen molar-refractivity contribution < 1.29 is 9.53 Å². The van der Waals surface area contributed by atoms with Crippen molar-refractivity contribution in [1.29, 1.82) is 0 Å². The summed E-state index contributed by atoms with van der Waals surface area (Å²) in [6.45, 7) is 4.37. The molecule has 30 heavy (non-hydrogen) atoms. The first-order valence-electron chi connectivity index (χ1n) is 9.69. The number of nitrogens with zero attached hydrogens (tertiary/aromatic N) is 4. The predicted molar refractivity (Wildman–Crippen MR) is 111 cm³/mol. The summed E-state index contributed by atoms with van der Waals surface area (Å²) in [6.07, 6.45) is 3.23. The molecule has 0 bridgehead atoms. The third-order valence-corrected chi connectivity index (χ3v) is 5.54. The first kappa shape index (κ1) is 19.9. The van der Waals surface area contributed by atoms with E-state index in [9.17, 15) is 9.59 Å². The summed E-state index contributed by atoms with van der Waals surface area (Å²) in [5.41, 5.74) is 0.995. The van der Waals surface area contributed by atoms with Crippen LogP contribution in [0.2, 0.25) is 0 Å². The van der Waals surface area contributed by atoms with Crippen LogP contribution in [0.15, 0.2) is 53.7 Å². The van der Waals surface area contributed by atoms with Crippen LogP contribution in [-0.4, -0.2) is 38.0 Å². The van der Waals surface area contributed by atoms with E-state index in [4.69, 9.17) is 9.72 Å². The number of rotatable bonds is 5. The van der Waals surface area contributed by atoms with Gasteiger partial charge in [-0.25, -0.2) is 15.0 Å². The molecule has 1 unspecified atom stereocenters. The molecule has 0 spiro atoms. The number of nitrogens with one attached hydrogen (secondary N) is 1. The molecule has 0 aliphatic carbocycles. The van der Waals surface area contributed by atoms with Crippen LogP contribution in [0.4, 0.5) is 0 Å². The Morgan fingerprint density at radius 2 is 2.10 bits per heavy atom. The van der Waals surface area contributed by atoms with Crippen molar-refractivity contribution in [2.45, 2.75) is 38.4 Å². The molecule has 1 aliphatic heterocycles. The van der Waals surface area contributed by atoms with Gasteiger partial charge in [-0.2, -0.15) is 0 Å². The van der Waals surface area contributed by atoms with Gasteiger partial charge in [0.15, 0.2) is 5.78 Å². The van der Waals surface area contributed by atoms with Crippen LogP contribution in [0.1, 0.15) is 42.4 Å². The first-order chi connectivity index (χ1) is 14.4. The van der Waals surface area contributed by atoms with Crippen LogP contribution in [0, 0.1) is 0 Å². The summed E-state index contributed by atoms with van der Waals surface area (Å²) in [6, 6.07) is 10.3. The lowest BCUT2D eigenvalue weighted by Gasteiger charge is -2.40. The average Bonchev–Trinajstić information content (AvgIpc) is 2.76. The minimum Gasteiger partial charge on any atom is -0.497 e. The second kappa shape index (κ2) is 7.79. The largest absolute Gasteiger partial charge is 0.497 e. The van der Waals surface area contributed by atoms with Crippen molar-refractivity contribution >= 4 is 5.78 Å². The van der Waals surface area contributed by atoms with Crippen molar-refractivity contribution in [3.8, 4) is 17.1 Å². The normalized spacial score (nSPS) is 17.2. The highest BCUT2D eigenvalue weighted by Gasteiger charge is 2.39. The molecule has 8 heteroatoms. The van der Waals surface area contributed by atoms with E-state index in [0.29, 0.717) is 35.2 Å². The number of aromatic nitrogens is 4. The Hall–Kier alpha value is -3.39. The van der Waals surface area contributed by atoms with Gasteiger partial charge in [-0.05, 0) is 32.0 Å². The van der Waals surface area contributed by atoms with Gasteiger partial charge in [-0.3, -0.25) is 19.5 Å². The molecule has 0 saturated carbocycles. The summed E-state index contributed by atoms with van der Waals surface area (Å²) in [7, 11) is 1.57. The topological polar surface area (TPSA) is 99.0 Å². The van der Waals surface area contributed by atoms with Crippen LogP contribution in [-0.2, 0) is 6.67 Å². The van der Waals surface area contributed by atoms with E-state index >= 15 is 0 Å². The molecule has 8 nitrogen and oxygen atoms in total. The van der Waals surface area contributed by atoms with Gasteiger partial charge in [-0.15, -0.1) is 0 Å². The van der Waals surface area contributed by atoms with E-state index in [-0.39, 0.29) is 23.7 Å². The van der Waals surface area contributed by atoms with E-state index < -0.39 is 5.54 Å². The van der Waals surface area contributed by atoms with Crippen LogP contribution < -0.4 is 15.6 Å². The van der Waals surface area contributed by atoms with Crippen molar-refractivity contribution in [3.05, 3.63) is 70.7 Å². The van der Waals surface area contributed by atoms with E-state index in [0.717, 1.165) is 0 Å². The lowest BCUT2D eigenvalue weighted by Crippen LogP contribution is -2.54. The number of ether oxygens (including phenoxy) is 1. The van der Waals surface area contributed by atoms with Crippen LogP contribution >= 0.6 is 0 Å². The van der Waals surface area contributed by atoms with E-state index in [1.807, 2.05) is 13.8 Å². The summed E-state index contributed by atoms with van der Waals surface area (Å²) >= 11 is 0. The van der Waals surface area contributed by atoms with Gasteiger partial charge in [0, 0.05) is 35.7 Å². The van der Waals surface area contributed by atoms with Gasteiger partial charge in [0.1, 0.15) is 17.9 Å². The zero-order valence-corrected chi connectivity index (χ0v) is 17.1. The monoisotopic (exact) mass is 405 g/mol. The van der Waals surface area contributed by atoms with Gasteiger partial charge >= 0.3 is 0 Å². The lowest BCUT2D eigenvalue weighted by molar-refractivity contribution is 0.0940. The number of hydrogen-bond donors (Lipinski definition) is 1. The maximum absolute atomic E-state index is 13.1. The van der Waals surface area contributed by atoms with Gasteiger partial charge in [0.05, 0.1) is 25.2 Å². The molecule has 0 saturated heterocycles. The molecule has 1 aliphatic rings. The Labute approximate surface area is 174 Å². The lowest BCUT2D eigenvalue weighted by atomic mass is 9.80. The molecule has 1 N–H and O–H groups in total. The molecule has 3 aromatic rings. The Kier molecular flexibility index (Phi) is 5.17. The Bertz CT molecular complexity index is 1140. The standard InChI is InChI=1S/C22H23N5O3/c1-22(2)16(10-19(28)14-5-4-6-15(9-14)30-3)21-26-18(17-7-8-23-12-24-17)11-20(29)27(21)13-25-22/h4-9,11-12,16,25H,10,13H2,1-3H3. The molecular formula is C22H23N5O3. The molecule has 1 aromatic carbocycles. The molecule has 1 atom stereocenters. The van der Waals surface area contributed by atoms with Gasteiger partial charge in [0.25, 0.3) is 5.56 Å². The first-order valence-corrected chi connectivity index (χ1v) is 9.69. The van der Waals surface area contributed by atoms with E-state index in [2.05, 4.69) is 15.3 Å². The van der Waals surface area contributed by atoms with E-state index in [1.54, 1.807) is 48.2 Å². The zero-order chi connectivity index (χ0) is 21.3.